The van der Waals surface area contributed by atoms with E-state index in [1.807, 2.05) is 12.1 Å². The van der Waals surface area contributed by atoms with Gasteiger partial charge in [-0.1, -0.05) is 23.2 Å². The zero-order valence-corrected chi connectivity index (χ0v) is 13.3. The zero-order chi connectivity index (χ0) is 16.5. The van der Waals surface area contributed by atoms with E-state index in [1.165, 1.54) is 11.0 Å². The molecule has 0 aliphatic rings. The van der Waals surface area contributed by atoms with E-state index >= 15 is 0 Å². The average Bonchev–Trinajstić information content (AvgIpc) is 2.46. The molecule has 0 radical (unpaired) electrons. The first-order valence-electron chi connectivity index (χ1n) is 6.63. The lowest BCUT2D eigenvalue weighted by molar-refractivity contribution is -0.133. The zero-order valence-electron chi connectivity index (χ0n) is 11.8. The Bertz CT molecular complexity index is 570. The maximum absolute atomic E-state index is 12.2. The van der Waals surface area contributed by atoms with Crippen LogP contribution >= 0.6 is 23.2 Å². The lowest BCUT2D eigenvalue weighted by atomic mass is 10.1. The normalized spacial score (nSPS) is 11.3. The molecule has 0 fully saturated rings. The summed E-state index contributed by atoms with van der Waals surface area (Å²) in [5.41, 5.74) is 0.450. The van der Waals surface area contributed by atoms with Crippen LogP contribution in [0.4, 0.5) is 0 Å². The van der Waals surface area contributed by atoms with Gasteiger partial charge in [0.2, 0.25) is 5.91 Å². The third-order valence-corrected chi connectivity index (χ3v) is 3.41. The molecule has 0 aliphatic carbocycles. The molecular formula is C15H15Cl2N3O2. The van der Waals surface area contributed by atoms with E-state index in [2.05, 4.69) is 0 Å². The quantitative estimate of drug-likeness (QED) is 0.826. The highest BCUT2D eigenvalue weighted by atomic mass is 35.5. The van der Waals surface area contributed by atoms with Gasteiger partial charge < -0.3 is 10.0 Å². The number of aliphatic hydroxyl groups excluding tert-OH is 1. The molecule has 1 unspecified atom stereocenters. The molecule has 5 nitrogen and oxygen atoms in total. The number of carbonyl (C=O) groups excluding carboxylic acids is 1. The van der Waals surface area contributed by atoms with Gasteiger partial charge in [-0.05, 0) is 23.8 Å². The van der Waals surface area contributed by atoms with Crippen LogP contribution in [0, 0.1) is 22.7 Å². The summed E-state index contributed by atoms with van der Waals surface area (Å²) in [5.74, 6) is -0.325. The van der Waals surface area contributed by atoms with Crippen molar-refractivity contribution in [1.82, 2.24) is 4.90 Å². The number of aliphatic hydroxyl groups is 1. The van der Waals surface area contributed by atoms with E-state index in [4.69, 9.17) is 33.7 Å². The van der Waals surface area contributed by atoms with Crippen LogP contribution in [0.1, 0.15) is 30.9 Å². The molecular weight excluding hydrogens is 325 g/mol. The molecule has 0 saturated carbocycles. The second kappa shape index (κ2) is 9.27. The van der Waals surface area contributed by atoms with E-state index in [0.29, 0.717) is 15.6 Å². The number of halogens is 2. The fourth-order valence-corrected chi connectivity index (χ4v) is 2.45. The van der Waals surface area contributed by atoms with Crippen molar-refractivity contribution in [3.8, 4) is 12.1 Å². The number of nitrogens with zero attached hydrogens (tertiary/aromatic N) is 3. The van der Waals surface area contributed by atoms with Gasteiger partial charge in [0.25, 0.3) is 0 Å². The minimum atomic E-state index is -1.05. The highest BCUT2D eigenvalue weighted by molar-refractivity contribution is 6.34. The lowest BCUT2D eigenvalue weighted by Gasteiger charge is -2.22. The molecule has 7 heteroatoms. The number of benzene rings is 1. The summed E-state index contributed by atoms with van der Waals surface area (Å²) in [7, 11) is 0. The maximum Gasteiger partial charge on any atom is 0.225 e. The Labute approximate surface area is 139 Å². The summed E-state index contributed by atoms with van der Waals surface area (Å²) in [6.45, 7) is 0.472. The van der Waals surface area contributed by atoms with Crippen LogP contribution in [0.3, 0.4) is 0 Å². The molecule has 0 saturated heterocycles. The molecule has 1 amide bonds. The first kappa shape index (κ1) is 18.3. The van der Waals surface area contributed by atoms with Crippen LogP contribution in [0.5, 0.6) is 0 Å². The molecule has 1 rings (SSSR count). The van der Waals surface area contributed by atoms with Crippen LogP contribution in [-0.4, -0.2) is 29.0 Å². The Balaban J connectivity index is 2.74. The van der Waals surface area contributed by atoms with E-state index in [-0.39, 0.29) is 38.3 Å². The van der Waals surface area contributed by atoms with Gasteiger partial charge in [-0.25, -0.2) is 0 Å². The Morgan fingerprint density at radius 1 is 1.14 bits per heavy atom. The number of hydrogen-bond donors (Lipinski definition) is 1. The van der Waals surface area contributed by atoms with Gasteiger partial charge in [-0.15, -0.1) is 0 Å². The summed E-state index contributed by atoms with van der Waals surface area (Å²) in [6, 6.07) is 8.53. The minimum Gasteiger partial charge on any atom is -0.388 e. The molecule has 1 N–H and O–H groups in total. The molecule has 1 atom stereocenters. The Morgan fingerprint density at radius 3 is 2.09 bits per heavy atom. The van der Waals surface area contributed by atoms with Gasteiger partial charge in [0.1, 0.15) is 0 Å². The number of carbonyl (C=O) groups is 1. The fraction of sp³-hybridized carbons (Fsp3) is 0.400. The van der Waals surface area contributed by atoms with Crippen molar-refractivity contribution < 1.29 is 9.90 Å². The third kappa shape index (κ3) is 5.91. The summed E-state index contributed by atoms with van der Waals surface area (Å²) in [4.78, 5) is 13.6. The van der Waals surface area contributed by atoms with Gasteiger partial charge in [-0.3, -0.25) is 4.79 Å². The van der Waals surface area contributed by atoms with Gasteiger partial charge in [0.15, 0.2) is 0 Å². The van der Waals surface area contributed by atoms with Crippen molar-refractivity contribution in [3.05, 3.63) is 33.8 Å². The predicted molar refractivity (Wildman–Crippen MR) is 83.1 cm³/mol. The molecule has 22 heavy (non-hydrogen) atoms. The standard InChI is InChI=1S/C15H15Cl2N3O2/c16-12-7-11(8-13(17)9-12)14(21)10-15(22)20(5-1-3-18)6-2-4-19/h7-9,14,21H,1-2,5-6,10H2. The molecule has 1 aromatic rings. The van der Waals surface area contributed by atoms with E-state index in [1.54, 1.807) is 12.1 Å². The van der Waals surface area contributed by atoms with Crippen LogP contribution < -0.4 is 0 Å². The second-order valence-electron chi connectivity index (χ2n) is 4.62. The van der Waals surface area contributed by atoms with Crippen LogP contribution in [0.2, 0.25) is 10.0 Å². The summed E-state index contributed by atoms with van der Waals surface area (Å²) in [5, 5.41) is 28.1. The topological polar surface area (TPSA) is 88.1 Å². The monoisotopic (exact) mass is 339 g/mol. The number of nitriles is 2. The Kier molecular flexibility index (Phi) is 7.70. The third-order valence-electron chi connectivity index (χ3n) is 2.98. The van der Waals surface area contributed by atoms with Crippen LogP contribution in [-0.2, 0) is 4.79 Å². The fourth-order valence-electron chi connectivity index (χ4n) is 1.91. The summed E-state index contributed by atoms with van der Waals surface area (Å²) >= 11 is 11.7. The highest BCUT2D eigenvalue weighted by Crippen LogP contribution is 2.25. The van der Waals surface area contributed by atoms with Crippen molar-refractivity contribution in [2.75, 3.05) is 13.1 Å². The van der Waals surface area contributed by atoms with Gasteiger partial charge in [0, 0.05) is 23.1 Å². The van der Waals surface area contributed by atoms with Crippen LogP contribution in [0.25, 0.3) is 0 Å². The molecule has 0 heterocycles. The van der Waals surface area contributed by atoms with E-state index < -0.39 is 6.10 Å². The number of rotatable bonds is 7. The number of amides is 1. The molecule has 0 aromatic heterocycles. The van der Waals surface area contributed by atoms with E-state index in [9.17, 15) is 9.90 Å². The molecule has 1 aromatic carbocycles. The lowest BCUT2D eigenvalue weighted by Crippen LogP contribution is -2.33. The second-order valence-corrected chi connectivity index (χ2v) is 5.49. The number of hydrogen-bond acceptors (Lipinski definition) is 4. The van der Waals surface area contributed by atoms with Crippen molar-refractivity contribution in [2.24, 2.45) is 0 Å². The Hall–Kier alpha value is -1.79. The summed E-state index contributed by atoms with van der Waals surface area (Å²) < 4.78 is 0. The molecule has 0 bridgehead atoms. The van der Waals surface area contributed by atoms with E-state index in [0.717, 1.165) is 0 Å². The first-order valence-corrected chi connectivity index (χ1v) is 7.39. The van der Waals surface area contributed by atoms with Crippen molar-refractivity contribution in [1.29, 1.82) is 10.5 Å². The molecule has 0 aliphatic heterocycles. The SMILES string of the molecule is N#CCCN(CCC#N)C(=O)CC(O)c1cc(Cl)cc(Cl)c1. The van der Waals surface area contributed by atoms with Gasteiger partial charge in [-0.2, -0.15) is 10.5 Å². The minimum absolute atomic E-state index is 0.159. The largest absolute Gasteiger partial charge is 0.388 e. The van der Waals surface area contributed by atoms with Crippen molar-refractivity contribution in [2.45, 2.75) is 25.4 Å². The maximum atomic E-state index is 12.2. The average molecular weight is 340 g/mol. The molecule has 116 valence electrons. The van der Waals surface area contributed by atoms with Crippen LogP contribution in [0.15, 0.2) is 18.2 Å². The predicted octanol–water partition coefficient (Wildman–Crippen LogP) is 3.07. The smallest absolute Gasteiger partial charge is 0.225 e. The summed E-state index contributed by atoms with van der Waals surface area (Å²) in [6.07, 6.45) is -0.851. The van der Waals surface area contributed by atoms with Gasteiger partial charge in [0.05, 0.1) is 37.5 Å². The van der Waals surface area contributed by atoms with Crippen molar-refractivity contribution in [3.63, 3.8) is 0 Å². The van der Waals surface area contributed by atoms with Gasteiger partial charge >= 0.3 is 0 Å². The first-order chi connectivity index (χ1) is 10.5. The Morgan fingerprint density at radius 2 is 1.64 bits per heavy atom. The highest BCUT2D eigenvalue weighted by Gasteiger charge is 2.19. The molecule has 0 spiro atoms. The van der Waals surface area contributed by atoms with Crippen molar-refractivity contribution >= 4 is 29.1 Å².